The Morgan fingerprint density at radius 3 is 2.66 bits per heavy atom. The Kier molecular flexibility index (Phi) is 3.98. The van der Waals surface area contributed by atoms with Crippen LogP contribution in [-0.4, -0.2) is 20.1 Å². The van der Waals surface area contributed by atoms with E-state index in [1.807, 2.05) is 35.1 Å². The molecule has 1 aliphatic rings. The molecule has 5 rings (SSSR count). The third-order valence-electron chi connectivity index (χ3n) is 5.98. The molecular formula is C25H26N4. The normalized spacial score (nSPS) is 17.7. The molecule has 4 nitrogen and oxygen atoms in total. The molecule has 0 aliphatic carbocycles. The molecule has 0 bridgehead atoms. The largest absolute Gasteiger partial charge is 0.380 e. The third-order valence-corrected chi connectivity index (χ3v) is 5.98. The molecule has 29 heavy (non-hydrogen) atoms. The van der Waals surface area contributed by atoms with Crippen LogP contribution in [0.3, 0.4) is 0 Å². The van der Waals surface area contributed by atoms with Gasteiger partial charge < -0.3 is 5.32 Å². The van der Waals surface area contributed by atoms with E-state index in [9.17, 15) is 0 Å². The standard InChI is InChI=1S/C25H26N4/c1-16-12-19-17(2)14-25(3,4)28-22(19)13-20(16)23-10-11-26-24-21(15-27-29(23)24)18-8-6-5-7-9-18/h5-13,15,17,28H,14H2,1-4H3/t17-/m0/s1. The highest BCUT2D eigenvalue weighted by atomic mass is 15.3. The second kappa shape index (κ2) is 6.45. The van der Waals surface area contributed by atoms with Crippen LogP contribution < -0.4 is 5.32 Å². The van der Waals surface area contributed by atoms with E-state index in [1.54, 1.807) is 0 Å². The first kappa shape index (κ1) is 17.9. The Bertz CT molecular complexity index is 1200. The van der Waals surface area contributed by atoms with Gasteiger partial charge in [0, 0.05) is 28.6 Å². The summed E-state index contributed by atoms with van der Waals surface area (Å²) in [5.41, 5.74) is 9.32. The van der Waals surface area contributed by atoms with Crippen LogP contribution in [0.1, 0.15) is 44.2 Å². The zero-order valence-electron chi connectivity index (χ0n) is 17.4. The number of rotatable bonds is 2. The Hall–Kier alpha value is -3.14. The molecule has 0 fully saturated rings. The van der Waals surface area contributed by atoms with Crippen molar-refractivity contribution in [1.82, 2.24) is 14.6 Å². The van der Waals surface area contributed by atoms with E-state index in [1.165, 1.54) is 22.4 Å². The van der Waals surface area contributed by atoms with Gasteiger partial charge in [0.1, 0.15) is 0 Å². The molecule has 3 heterocycles. The van der Waals surface area contributed by atoms with Gasteiger partial charge in [0.15, 0.2) is 5.65 Å². The summed E-state index contributed by atoms with van der Waals surface area (Å²) in [5.74, 6) is 0.542. The number of hydrogen-bond donors (Lipinski definition) is 1. The van der Waals surface area contributed by atoms with Crippen molar-refractivity contribution >= 4 is 11.3 Å². The average molecular weight is 383 g/mol. The maximum absolute atomic E-state index is 4.70. The van der Waals surface area contributed by atoms with Gasteiger partial charge in [0.25, 0.3) is 0 Å². The second-order valence-electron chi connectivity index (χ2n) is 8.86. The Balaban J connectivity index is 1.68. The van der Waals surface area contributed by atoms with Crippen LogP contribution in [-0.2, 0) is 0 Å². The summed E-state index contributed by atoms with van der Waals surface area (Å²) in [7, 11) is 0. The van der Waals surface area contributed by atoms with Gasteiger partial charge in [-0.05, 0) is 61.9 Å². The predicted octanol–water partition coefficient (Wildman–Crippen LogP) is 6.07. The van der Waals surface area contributed by atoms with Crippen molar-refractivity contribution < 1.29 is 0 Å². The number of aryl methyl sites for hydroxylation is 1. The maximum Gasteiger partial charge on any atom is 0.163 e. The van der Waals surface area contributed by atoms with E-state index < -0.39 is 0 Å². The van der Waals surface area contributed by atoms with E-state index in [0.717, 1.165) is 28.9 Å². The number of anilines is 1. The lowest BCUT2D eigenvalue weighted by Crippen LogP contribution is -2.36. The highest BCUT2D eigenvalue weighted by molar-refractivity contribution is 5.80. The minimum Gasteiger partial charge on any atom is -0.380 e. The molecule has 2 aromatic carbocycles. The quantitative estimate of drug-likeness (QED) is 0.457. The summed E-state index contributed by atoms with van der Waals surface area (Å²) < 4.78 is 1.97. The van der Waals surface area contributed by atoms with Gasteiger partial charge in [-0.2, -0.15) is 5.10 Å². The first-order chi connectivity index (χ1) is 13.9. The summed E-state index contributed by atoms with van der Waals surface area (Å²) in [4.78, 5) is 4.64. The van der Waals surface area contributed by atoms with E-state index in [2.05, 4.69) is 68.3 Å². The fourth-order valence-electron chi connectivity index (χ4n) is 4.73. The molecule has 0 amide bonds. The average Bonchev–Trinajstić information content (AvgIpc) is 3.13. The number of hydrogen-bond acceptors (Lipinski definition) is 3. The van der Waals surface area contributed by atoms with Crippen molar-refractivity contribution in [1.29, 1.82) is 0 Å². The van der Waals surface area contributed by atoms with Crippen LogP contribution >= 0.6 is 0 Å². The number of nitrogens with one attached hydrogen (secondary N) is 1. The van der Waals surface area contributed by atoms with Gasteiger partial charge in [-0.3, -0.25) is 0 Å². The fourth-order valence-corrected chi connectivity index (χ4v) is 4.73. The van der Waals surface area contributed by atoms with Crippen molar-refractivity contribution in [3.63, 3.8) is 0 Å². The van der Waals surface area contributed by atoms with Crippen LogP contribution in [0, 0.1) is 6.92 Å². The van der Waals surface area contributed by atoms with Crippen LogP contribution in [0.25, 0.3) is 28.0 Å². The zero-order valence-corrected chi connectivity index (χ0v) is 17.4. The van der Waals surface area contributed by atoms with Gasteiger partial charge in [-0.25, -0.2) is 9.50 Å². The summed E-state index contributed by atoms with van der Waals surface area (Å²) >= 11 is 0. The first-order valence-electron chi connectivity index (χ1n) is 10.2. The van der Waals surface area contributed by atoms with Gasteiger partial charge in [0.05, 0.1) is 11.9 Å². The third kappa shape index (κ3) is 3.00. The van der Waals surface area contributed by atoms with Crippen LogP contribution in [0.4, 0.5) is 5.69 Å². The van der Waals surface area contributed by atoms with E-state index in [0.29, 0.717) is 5.92 Å². The Morgan fingerprint density at radius 2 is 1.86 bits per heavy atom. The molecule has 4 heteroatoms. The summed E-state index contributed by atoms with van der Waals surface area (Å²) in [6.07, 6.45) is 4.94. The fraction of sp³-hybridized carbons (Fsp3) is 0.280. The monoisotopic (exact) mass is 382 g/mol. The van der Waals surface area contributed by atoms with Crippen LogP contribution in [0.2, 0.25) is 0 Å². The number of nitrogens with zero attached hydrogens (tertiary/aromatic N) is 3. The molecule has 0 radical (unpaired) electrons. The minimum absolute atomic E-state index is 0.0959. The molecule has 146 valence electrons. The predicted molar refractivity (Wildman–Crippen MR) is 119 cm³/mol. The number of fused-ring (bicyclic) bond motifs is 2. The highest BCUT2D eigenvalue weighted by Crippen LogP contribution is 2.42. The molecule has 1 atom stereocenters. The Morgan fingerprint density at radius 1 is 1.07 bits per heavy atom. The van der Waals surface area contributed by atoms with Gasteiger partial charge in [0.2, 0.25) is 0 Å². The Labute approximate surface area is 171 Å². The molecule has 0 spiro atoms. The number of aromatic nitrogens is 3. The van der Waals surface area contributed by atoms with Gasteiger partial charge in [-0.15, -0.1) is 0 Å². The molecule has 1 aliphatic heterocycles. The molecule has 0 unspecified atom stereocenters. The maximum atomic E-state index is 4.70. The molecule has 0 saturated heterocycles. The lowest BCUT2D eigenvalue weighted by Gasteiger charge is -2.38. The topological polar surface area (TPSA) is 42.2 Å². The zero-order chi connectivity index (χ0) is 20.2. The summed E-state index contributed by atoms with van der Waals surface area (Å²) in [5, 5.41) is 8.44. The minimum atomic E-state index is 0.0959. The van der Waals surface area contributed by atoms with Crippen LogP contribution in [0.5, 0.6) is 0 Å². The molecule has 0 saturated carbocycles. The van der Waals surface area contributed by atoms with Crippen molar-refractivity contribution in [3.8, 4) is 22.4 Å². The lowest BCUT2D eigenvalue weighted by atomic mass is 9.80. The lowest BCUT2D eigenvalue weighted by molar-refractivity contribution is 0.454. The highest BCUT2D eigenvalue weighted by Gasteiger charge is 2.30. The molecule has 2 aromatic heterocycles. The van der Waals surface area contributed by atoms with E-state index >= 15 is 0 Å². The van der Waals surface area contributed by atoms with E-state index in [-0.39, 0.29) is 5.54 Å². The molecular weight excluding hydrogens is 356 g/mol. The van der Waals surface area contributed by atoms with Gasteiger partial charge >= 0.3 is 0 Å². The van der Waals surface area contributed by atoms with Crippen molar-refractivity contribution in [2.24, 2.45) is 0 Å². The van der Waals surface area contributed by atoms with Crippen molar-refractivity contribution in [2.75, 3.05) is 5.32 Å². The number of benzene rings is 2. The van der Waals surface area contributed by atoms with E-state index in [4.69, 9.17) is 5.10 Å². The second-order valence-corrected chi connectivity index (χ2v) is 8.86. The summed E-state index contributed by atoms with van der Waals surface area (Å²) in [6, 6.07) is 17.0. The van der Waals surface area contributed by atoms with Crippen molar-refractivity contribution in [2.45, 2.75) is 45.6 Å². The molecule has 4 aromatic rings. The summed E-state index contributed by atoms with van der Waals surface area (Å²) in [6.45, 7) is 9.06. The smallest absolute Gasteiger partial charge is 0.163 e. The molecule has 1 N–H and O–H groups in total. The van der Waals surface area contributed by atoms with Crippen LogP contribution in [0.15, 0.2) is 60.9 Å². The van der Waals surface area contributed by atoms with Gasteiger partial charge in [-0.1, -0.05) is 43.3 Å². The first-order valence-corrected chi connectivity index (χ1v) is 10.2. The van der Waals surface area contributed by atoms with Crippen molar-refractivity contribution in [3.05, 3.63) is 72.1 Å². The SMILES string of the molecule is Cc1cc2c(cc1-c1ccnc3c(-c4ccccc4)cnn13)NC(C)(C)C[C@@H]2C.